The number of carbonyl (C=O) groups excluding carboxylic acids is 1. The average molecular weight is 352 g/mol. The number of hydrogen-bond acceptors (Lipinski definition) is 5. The molecular formula is C20H24N4O2. The van der Waals surface area contributed by atoms with Gasteiger partial charge in [0.2, 0.25) is 5.91 Å². The summed E-state index contributed by atoms with van der Waals surface area (Å²) in [7, 11) is 0. The van der Waals surface area contributed by atoms with Crippen LogP contribution in [0.5, 0.6) is 0 Å². The third kappa shape index (κ3) is 3.92. The van der Waals surface area contributed by atoms with Crippen LogP contribution in [0.3, 0.4) is 0 Å². The van der Waals surface area contributed by atoms with E-state index in [4.69, 9.17) is 4.74 Å². The molecule has 4 heterocycles. The number of nitrogens with zero attached hydrogens (tertiary/aromatic N) is 3. The number of carbonyl (C=O) groups is 1. The highest BCUT2D eigenvalue weighted by Crippen LogP contribution is 2.32. The topological polar surface area (TPSA) is 67.3 Å². The van der Waals surface area contributed by atoms with Gasteiger partial charge < -0.3 is 10.1 Å². The lowest BCUT2D eigenvalue weighted by Crippen LogP contribution is -2.52. The molecule has 6 heteroatoms. The standard InChI is InChI=1S/C20H24N4O2/c25-20(23-12-15-3-1-6-21-10-15)17-9-19-18(5-8-26-19)24(14-17)13-16-4-2-7-22-11-16/h1-4,6-7,10-11,17-19H,5,8-9,12-14H2,(H,23,25)/t17-,18+,19+/m0/s1. The summed E-state index contributed by atoms with van der Waals surface area (Å²) in [6.07, 6.45) is 9.19. The van der Waals surface area contributed by atoms with Crippen molar-refractivity contribution in [2.75, 3.05) is 13.2 Å². The molecule has 0 aromatic carbocycles. The molecule has 1 N–H and O–H groups in total. The summed E-state index contributed by atoms with van der Waals surface area (Å²) in [5, 5.41) is 3.06. The molecule has 2 saturated heterocycles. The van der Waals surface area contributed by atoms with Crippen molar-refractivity contribution in [3.63, 3.8) is 0 Å². The first-order valence-corrected chi connectivity index (χ1v) is 9.21. The van der Waals surface area contributed by atoms with E-state index in [0.29, 0.717) is 12.6 Å². The van der Waals surface area contributed by atoms with Crippen LogP contribution in [-0.2, 0) is 22.6 Å². The fraction of sp³-hybridized carbons (Fsp3) is 0.450. The van der Waals surface area contributed by atoms with Gasteiger partial charge in [-0.15, -0.1) is 0 Å². The van der Waals surface area contributed by atoms with Gasteiger partial charge in [0.25, 0.3) is 0 Å². The Bertz CT molecular complexity index is 725. The second-order valence-electron chi connectivity index (χ2n) is 7.07. The normalized spacial score (nSPS) is 25.6. The van der Waals surface area contributed by atoms with Crippen LogP contribution in [0.4, 0.5) is 0 Å². The smallest absolute Gasteiger partial charge is 0.224 e. The van der Waals surface area contributed by atoms with E-state index in [1.54, 1.807) is 18.6 Å². The van der Waals surface area contributed by atoms with Crippen molar-refractivity contribution in [1.29, 1.82) is 0 Å². The van der Waals surface area contributed by atoms with Gasteiger partial charge in [0.15, 0.2) is 0 Å². The fourth-order valence-corrected chi connectivity index (χ4v) is 3.99. The molecule has 6 nitrogen and oxygen atoms in total. The predicted molar refractivity (Wildman–Crippen MR) is 97.0 cm³/mol. The van der Waals surface area contributed by atoms with Crippen LogP contribution in [0, 0.1) is 5.92 Å². The Kier molecular flexibility index (Phi) is 5.22. The van der Waals surface area contributed by atoms with Crippen LogP contribution in [0.2, 0.25) is 0 Å². The van der Waals surface area contributed by atoms with Gasteiger partial charge >= 0.3 is 0 Å². The van der Waals surface area contributed by atoms with Crippen molar-refractivity contribution in [2.24, 2.45) is 5.92 Å². The second-order valence-corrected chi connectivity index (χ2v) is 7.07. The minimum absolute atomic E-state index is 0.0531. The number of aromatic nitrogens is 2. The molecular weight excluding hydrogens is 328 g/mol. The van der Waals surface area contributed by atoms with Crippen LogP contribution < -0.4 is 5.32 Å². The third-order valence-corrected chi connectivity index (χ3v) is 5.28. The highest BCUT2D eigenvalue weighted by atomic mass is 16.5. The monoisotopic (exact) mass is 352 g/mol. The molecule has 0 radical (unpaired) electrons. The molecule has 2 aliphatic heterocycles. The van der Waals surface area contributed by atoms with Crippen LogP contribution in [0.15, 0.2) is 49.1 Å². The molecule has 3 atom stereocenters. The summed E-state index contributed by atoms with van der Waals surface area (Å²) in [4.78, 5) is 23.4. The summed E-state index contributed by atoms with van der Waals surface area (Å²) in [6.45, 7) is 2.87. The molecule has 0 saturated carbocycles. The van der Waals surface area contributed by atoms with Crippen molar-refractivity contribution in [3.05, 3.63) is 60.2 Å². The maximum atomic E-state index is 12.7. The minimum Gasteiger partial charge on any atom is -0.377 e. The van der Waals surface area contributed by atoms with Gasteiger partial charge in [0, 0.05) is 57.1 Å². The summed E-state index contributed by atoms with van der Waals surface area (Å²) in [5.74, 6) is 0.0432. The minimum atomic E-state index is -0.0531. The Labute approximate surface area is 153 Å². The quantitative estimate of drug-likeness (QED) is 0.888. The maximum Gasteiger partial charge on any atom is 0.224 e. The van der Waals surface area contributed by atoms with E-state index in [1.807, 2.05) is 24.4 Å². The highest BCUT2D eigenvalue weighted by molar-refractivity contribution is 5.79. The first kappa shape index (κ1) is 17.1. The van der Waals surface area contributed by atoms with Gasteiger partial charge in [-0.05, 0) is 36.1 Å². The van der Waals surface area contributed by atoms with E-state index in [0.717, 1.165) is 38.1 Å². The van der Waals surface area contributed by atoms with E-state index >= 15 is 0 Å². The molecule has 0 aliphatic carbocycles. The highest BCUT2D eigenvalue weighted by Gasteiger charge is 2.42. The zero-order valence-corrected chi connectivity index (χ0v) is 14.8. The number of nitrogens with one attached hydrogen (secondary N) is 1. The summed E-state index contributed by atoms with van der Waals surface area (Å²) < 4.78 is 5.92. The van der Waals surface area contributed by atoms with Crippen molar-refractivity contribution < 1.29 is 9.53 Å². The van der Waals surface area contributed by atoms with Crippen LogP contribution in [-0.4, -0.2) is 46.1 Å². The zero-order valence-electron chi connectivity index (χ0n) is 14.8. The Morgan fingerprint density at radius 1 is 1.19 bits per heavy atom. The number of piperidine rings is 1. The Morgan fingerprint density at radius 2 is 1.96 bits per heavy atom. The SMILES string of the molecule is O=C(NCc1cccnc1)[C@H]1C[C@H]2OCC[C@H]2N(Cc2cccnc2)C1. The average Bonchev–Trinajstić information content (AvgIpc) is 3.17. The molecule has 0 unspecified atom stereocenters. The molecule has 2 aromatic heterocycles. The van der Waals surface area contributed by atoms with Crippen molar-refractivity contribution >= 4 is 5.91 Å². The van der Waals surface area contributed by atoms with Gasteiger partial charge in [-0.3, -0.25) is 19.7 Å². The predicted octanol–water partition coefficient (Wildman–Crippen LogP) is 1.77. The molecule has 26 heavy (non-hydrogen) atoms. The zero-order chi connectivity index (χ0) is 17.8. The number of likely N-dealkylation sites (tertiary alicyclic amines) is 1. The van der Waals surface area contributed by atoms with Gasteiger partial charge in [0.05, 0.1) is 12.0 Å². The number of hydrogen-bond donors (Lipinski definition) is 1. The molecule has 2 aliphatic rings. The number of rotatable bonds is 5. The lowest BCUT2D eigenvalue weighted by atomic mass is 9.89. The van der Waals surface area contributed by atoms with Gasteiger partial charge in [-0.1, -0.05) is 12.1 Å². The lowest BCUT2D eigenvalue weighted by molar-refractivity contribution is -0.130. The number of amides is 1. The van der Waals surface area contributed by atoms with Crippen molar-refractivity contribution in [2.45, 2.75) is 38.1 Å². The molecule has 2 aromatic rings. The van der Waals surface area contributed by atoms with Crippen LogP contribution in [0.1, 0.15) is 24.0 Å². The number of ether oxygens (including phenoxy) is 1. The molecule has 0 bridgehead atoms. The Morgan fingerprint density at radius 3 is 2.69 bits per heavy atom. The van der Waals surface area contributed by atoms with Gasteiger partial charge in [-0.25, -0.2) is 0 Å². The van der Waals surface area contributed by atoms with Crippen molar-refractivity contribution in [1.82, 2.24) is 20.2 Å². The van der Waals surface area contributed by atoms with Crippen LogP contribution >= 0.6 is 0 Å². The van der Waals surface area contributed by atoms with E-state index in [9.17, 15) is 4.79 Å². The summed E-state index contributed by atoms with van der Waals surface area (Å²) in [6, 6.07) is 8.30. The van der Waals surface area contributed by atoms with E-state index in [2.05, 4.69) is 26.3 Å². The molecule has 4 rings (SSSR count). The second kappa shape index (κ2) is 7.93. The molecule has 2 fully saturated rings. The molecule has 1 amide bonds. The third-order valence-electron chi connectivity index (χ3n) is 5.28. The first-order valence-electron chi connectivity index (χ1n) is 9.21. The molecule has 136 valence electrons. The van der Waals surface area contributed by atoms with Crippen molar-refractivity contribution in [3.8, 4) is 0 Å². The van der Waals surface area contributed by atoms with Gasteiger partial charge in [-0.2, -0.15) is 0 Å². The Hall–Kier alpha value is -2.31. The number of fused-ring (bicyclic) bond motifs is 1. The van der Waals surface area contributed by atoms with E-state index in [1.165, 1.54) is 5.56 Å². The van der Waals surface area contributed by atoms with Crippen LogP contribution in [0.25, 0.3) is 0 Å². The summed E-state index contributed by atoms with van der Waals surface area (Å²) in [5.41, 5.74) is 2.19. The number of pyridine rings is 2. The van der Waals surface area contributed by atoms with E-state index in [-0.39, 0.29) is 17.9 Å². The lowest BCUT2D eigenvalue weighted by Gasteiger charge is -2.40. The van der Waals surface area contributed by atoms with Gasteiger partial charge in [0.1, 0.15) is 0 Å². The Balaban J connectivity index is 1.41. The summed E-state index contributed by atoms with van der Waals surface area (Å²) >= 11 is 0. The molecule has 0 spiro atoms. The fourth-order valence-electron chi connectivity index (χ4n) is 3.99. The first-order chi connectivity index (χ1) is 12.8. The largest absolute Gasteiger partial charge is 0.377 e. The van der Waals surface area contributed by atoms with E-state index < -0.39 is 0 Å². The maximum absolute atomic E-state index is 12.7.